The van der Waals surface area contributed by atoms with E-state index in [0.717, 1.165) is 21.9 Å². The van der Waals surface area contributed by atoms with Gasteiger partial charge < -0.3 is 5.11 Å². The molecule has 25 heavy (non-hydrogen) atoms. The number of rotatable bonds is 3. The highest BCUT2D eigenvalue weighted by Gasteiger charge is 2.38. The number of benzene rings is 3. The number of hydrogen-bond acceptors (Lipinski definition) is 2. The van der Waals surface area contributed by atoms with Crippen molar-refractivity contribution in [3.63, 3.8) is 0 Å². The summed E-state index contributed by atoms with van der Waals surface area (Å²) in [5, 5.41) is 11.6. The van der Waals surface area contributed by atoms with Crippen molar-refractivity contribution in [3.8, 4) is 0 Å². The smallest absolute Gasteiger partial charge is 0.327 e. The molecule has 1 atom stereocenters. The fraction of sp³-hybridized carbons (Fsp3) is 0.143. The first-order valence-electron chi connectivity index (χ1n) is 8.24. The zero-order chi connectivity index (χ0) is 17.4. The number of carbonyl (C=O) groups is 2. The Balaban J connectivity index is 1.71. The molecule has 4 nitrogen and oxygen atoms in total. The van der Waals surface area contributed by atoms with Gasteiger partial charge in [0.2, 0.25) is 5.91 Å². The van der Waals surface area contributed by atoms with Crippen LogP contribution in [0.3, 0.4) is 0 Å². The van der Waals surface area contributed by atoms with E-state index < -0.39 is 12.0 Å². The number of para-hydroxylation sites is 1. The summed E-state index contributed by atoms with van der Waals surface area (Å²) in [7, 11) is 0. The van der Waals surface area contributed by atoms with E-state index in [4.69, 9.17) is 0 Å². The monoisotopic (exact) mass is 331 g/mol. The number of nitrogens with zero attached hydrogens (tertiary/aromatic N) is 1. The molecule has 0 fully saturated rings. The minimum atomic E-state index is -0.970. The van der Waals surface area contributed by atoms with Gasteiger partial charge in [-0.05, 0) is 28.0 Å². The summed E-state index contributed by atoms with van der Waals surface area (Å²) in [5.74, 6) is -1.16. The Morgan fingerprint density at radius 2 is 1.68 bits per heavy atom. The van der Waals surface area contributed by atoms with E-state index in [-0.39, 0.29) is 12.3 Å². The van der Waals surface area contributed by atoms with E-state index in [0.29, 0.717) is 12.1 Å². The van der Waals surface area contributed by atoms with Crippen molar-refractivity contribution in [3.05, 3.63) is 77.9 Å². The van der Waals surface area contributed by atoms with Crippen LogP contribution in [-0.4, -0.2) is 23.0 Å². The Kier molecular flexibility index (Phi) is 3.73. The Morgan fingerprint density at radius 1 is 0.960 bits per heavy atom. The molecule has 0 radical (unpaired) electrons. The number of amides is 1. The predicted molar refractivity (Wildman–Crippen MR) is 96.7 cm³/mol. The second kappa shape index (κ2) is 6.06. The molecule has 0 aliphatic carbocycles. The number of carboxylic acid groups (broad SMARTS) is 1. The lowest BCUT2D eigenvalue weighted by atomic mass is 10.0. The summed E-state index contributed by atoms with van der Waals surface area (Å²) in [6, 6.07) is 20.4. The van der Waals surface area contributed by atoms with Crippen molar-refractivity contribution in [2.24, 2.45) is 0 Å². The first kappa shape index (κ1) is 15.4. The zero-order valence-corrected chi connectivity index (χ0v) is 13.6. The van der Waals surface area contributed by atoms with Crippen molar-refractivity contribution < 1.29 is 14.7 Å². The third-order valence-electron chi connectivity index (χ3n) is 4.75. The van der Waals surface area contributed by atoms with Gasteiger partial charge in [-0.2, -0.15) is 0 Å². The van der Waals surface area contributed by atoms with Crippen molar-refractivity contribution in [2.75, 3.05) is 4.90 Å². The number of carbonyl (C=O) groups excluding carboxylic acids is 1. The minimum Gasteiger partial charge on any atom is -0.480 e. The normalized spacial score (nSPS) is 16.0. The van der Waals surface area contributed by atoms with Gasteiger partial charge in [-0.1, -0.05) is 60.7 Å². The lowest BCUT2D eigenvalue weighted by Gasteiger charge is -2.23. The SMILES string of the molecule is O=C(O)[C@@H]1Cc2ccccc2N1C(=O)Cc1cccc2ccccc12. The highest BCUT2D eigenvalue weighted by atomic mass is 16.4. The summed E-state index contributed by atoms with van der Waals surface area (Å²) >= 11 is 0. The molecule has 3 aromatic rings. The fourth-order valence-electron chi connectivity index (χ4n) is 3.59. The van der Waals surface area contributed by atoms with E-state index in [1.165, 1.54) is 4.90 Å². The van der Waals surface area contributed by atoms with Crippen LogP contribution in [0.5, 0.6) is 0 Å². The van der Waals surface area contributed by atoms with Gasteiger partial charge in [0.05, 0.1) is 6.42 Å². The number of carboxylic acids is 1. The molecule has 0 unspecified atom stereocenters. The summed E-state index contributed by atoms with van der Waals surface area (Å²) in [6.07, 6.45) is 0.534. The summed E-state index contributed by atoms with van der Waals surface area (Å²) in [5.41, 5.74) is 2.53. The van der Waals surface area contributed by atoms with Gasteiger partial charge in [-0.3, -0.25) is 9.69 Å². The van der Waals surface area contributed by atoms with Gasteiger partial charge in [-0.25, -0.2) is 4.79 Å². The Morgan fingerprint density at radius 3 is 2.52 bits per heavy atom. The maximum Gasteiger partial charge on any atom is 0.327 e. The molecule has 0 saturated heterocycles. The molecule has 1 heterocycles. The van der Waals surface area contributed by atoms with Crippen LogP contribution >= 0.6 is 0 Å². The topological polar surface area (TPSA) is 57.6 Å². The van der Waals surface area contributed by atoms with Crippen molar-refractivity contribution in [1.82, 2.24) is 0 Å². The second-order valence-corrected chi connectivity index (χ2v) is 6.27. The van der Waals surface area contributed by atoms with E-state index in [1.54, 1.807) is 0 Å². The van der Waals surface area contributed by atoms with Gasteiger partial charge in [0, 0.05) is 12.1 Å². The standard InChI is InChI=1S/C21H17NO3/c23-20(13-15-9-5-8-14-6-1-3-10-17(14)15)22-18-11-4-2-7-16(18)12-19(22)21(24)25/h1-11,19H,12-13H2,(H,24,25)/t19-/m0/s1. The van der Waals surface area contributed by atoms with Gasteiger partial charge in [0.1, 0.15) is 6.04 Å². The van der Waals surface area contributed by atoms with Gasteiger partial charge in [0.15, 0.2) is 0 Å². The van der Waals surface area contributed by atoms with Crippen LogP contribution in [0.4, 0.5) is 5.69 Å². The number of hydrogen-bond donors (Lipinski definition) is 1. The largest absolute Gasteiger partial charge is 0.480 e. The highest BCUT2D eigenvalue weighted by Crippen LogP contribution is 2.33. The average molecular weight is 331 g/mol. The number of aliphatic carboxylic acids is 1. The molecule has 1 N–H and O–H groups in total. The van der Waals surface area contributed by atoms with Crippen molar-refractivity contribution >= 4 is 28.3 Å². The summed E-state index contributed by atoms with van der Waals surface area (Å²) in [6.45, 7) is 0. The van der Waals surface area contributed by atoms with Crippen LogP contribution < -0.4 is 4.90 Å². The molecule has 124 valence electrons. The second-order valence-electron chi connectivity index (χ2n) is 6.27. The molecule has 1 amide bonds. The number of anilines is 1. The summed E-state index contributed by atoms with van der Waals surface area (Å²) in [4.78, 5) is 26.1. The first-order valence-corrected chi connectivity index (χ1v) is 8.24. The lowest BCUT2D eigenvalue weighted by Crippen LogP contribution is -2.43. The average Bonchev–Trinajstić information content (AvgIpc) is 3.02. The van der Waals surface area contributed by atoms with Crippen LogP contribution in [0, 0.1) is 0 Å². The van der Waals surface area contributed by atoms with Gasteiger partial charge in [0.25, 0.3) is 0 Å². The number of fused-ring (bicyclic) bond motifs is 2. The predicted octanol–water partition coefficient (Wildman–Crippen LogP) is 3.42. The van der Waals surface area contributed by atoms with E-state index >= 15 is 0 Å². The molecule has 0 bridgehead atoms. The minimum absolute atomic E-state index is 0.180. The molecular weight excluding hydrogens is 314 g/mol. The molecule has 3 aromatic carbocycles. The van der Waals surface area contributed by atoms with Crippen LogP contribution in [-0.2, 0) is 22.4 Å². The van der Waals surface area contributed by atoms with E-state index in [9.17, 15) is 14.7 Å². The fourth-order valence-corrected chi connectivity index (χ4v) is 3.59. The van der Waals surface area contributed by atoms with E-state index in [1.807, 2.05) is 66.7 Å². The molecule has 0 spiro atoms. The van der Waals surface area contributed by atoms with Crippen LogP contribution in [0.15, 0.2) is 66.7 Å². The molecular formula is C21H17NO3. The Bertz CT molecular complexity index is 974. The van der Waals surface area contributed by atoms with Crippen LogP contribution in [0.2, 0.25) is 0 Å². The zero-order valence-electron chi connectivity index (χ0n) is 13.6. The maximum absolute atomic E-state index is 13.0. The van der Waals surface area contributed by atoms with Gasteiger partial charge in [-0.15, -0.1) is 0 Å². The highest BCUT2D eigenvalue weighted by molar-refractivity contribution is 6.04. The molecule has 4 heteroatoms. The molecule has 1 aliphatic rings. The maximum atomic E-state index is 13.0. The lowest BCUT2D eigenvalue weighted by molar-refractivity contribution is -0.139. The first-order chi connectivity index (χ1) is 12.1. The molecule has 1 aliphatic heterocycles. The Labute approximate surface area is 145 Å². The molecule has 0 aromatic heterocycles. The molecule has 0 saturated carbocycles. The Hall–Kier alpha value is -3.14. The summed E-state index contributed by atoms with van der Waals surface area (Å²) < 4.78 is 0. The van der Waals surface area contributed by atoms with Crippen molar-refractivity contribution in [2.45, 2.75) is 18.9 Å². The quantitative estimate of drug-likeness (QED) is 0.800. The van der Waals surface area contributed by atoms with Crippen LogP contribution in [0.1, 0.15) is 11.1 Å². The molecule has 4 rings (SSSR count). The van der Waals surface area contributed by atoms with Crippen LogP contribution in [0.25, 0.3) is 10.8 Å². The van der Waals surface area contributed by atoms with E-state index in [2.05, 4.69) is 0 Å². The van der Waals surface area contributed by atoms with Crippen molar-refractivity contribution in [1.29, 1.82) is 0 Å². The van der Waals surface area contributed by atoms with Gasteiger partial charge >= 0.3 is 5.97 Å². The third-order valence-corrected chi connectivity index (χ3v) is 4.75. The third kappa shape index (κ3) is 2.66.